The molecule has 1 aliphatic rings. The Bertz CT molecular complexity index is 1180. The second-order valence-electron chi connectivity index (χ2n) is 7.54. The van der Waals surface area contributed by atoms with Gasteiger partial charge in [0.05, 0.1) is 0 Å². The number of hydrogen-bond acceptors (Lipinski definition) is 7. The van der Waals surface area contributed by atoms with Crippen LogP contribution in [0.15, 0.2) is 35.4 Å². The lowest BCUT2D eigenvalue weighted by Gasteiger charge is -2.30. The van der Waals surface area contributed by atoms with Crippen LogP contribution in [0.25, 0.3) is 10.3 Å². The predicted octanol–water partition coefficient (Wildman–Crippen LogP) is 2.50. The third-order valence-corrected chi connectivity index (χ3v) is 6.65. The van der Waals surface area contributed by atoms with Crippen LogP contribution in [0, 0.1) is 5.92 Å². The SMILES string of the molecule is CCNC(=O)C1CCN(c2nc3ncn(CC(=O)Nc4ccc(Cl)cc4)c(=O)c3s2)CC1. The number of halogens is 1. The smallest absolute Gasteiger partial charge is 0.273 e. The molecule has 32 heavy (non-hydrogen) atoms. The van der Waals surface area contributed by atoms with Crippen molar-refractivity contribution in [1.29, 1.82) is 0 Å². The highest BCUT2D eigenvalue weighted by atomic mass is 35.5. The summed E-state index contributed by atoms with van der Waals surface area (Å²) in [5.41, 5.74) is 0.662. The van der Waals surface area contributed by atoms with E-state index in [4.69, 9.17) is 11.6 Å². The number of nitrogens with zero attached hydrogens (tertiary/aromatic N) is 4. The van der Waals surface area contributed by atoms with Gasteiger partial charge < -0.3 is 15.5 Å². The average molecular weight is 475 g/mol. The minimum Gasteiger partial charge on any atom is -0.356 e. The monoisotopic (exact) mass is 474 g/mol. The second-order valence-corrected chi connectivity index (χ2v) is 8.95. The van der Waals surface area contributed by atoms with E-state index in [0.717, 1.165) is 12.8 Å². The second kappa shape index (κ2) is 9.66. The summed E-state index contributed by atoms with van der Waals surface area (Å²) in [4.78, 5) is 48.2. The van der Waals surface area contributed by atoms with Crippen LogP contribution in [0.2, 0.25) is 5.02 Å². The molecule has 4 rings (SSSR count). The summed E-state index contributed by atoms with van der Waals surface area (Å²) in [7, 11) is 0. The minimum atomic E-state index is -0.340. The summed E-state index contributed by atoms with van der Waals surface area (Å²) in [5, 5.41) is 6.89. The Morgan fingerprint density at radius 3 is 2.62 bits per heavy atom. The van der Waals surface area contributed by atoms with Crippen LogP contribution in [-0.4, -0.2) is 46.0 Å². The van der Waals surface area contributed by atoms with Crippen molar-refractivity contribution in [3.63, 3.8) is 0 Å². The zero-order valence-electron chi connectivity index (χ0n) is 17.5. The quantitative estimate of drug-likeness (QED) is 0.568. The lowest BCUT2D eigenvalue weighted by Crippen LogP contribution is -2.40. The fraction of sp³-hybridized carbons (Fsp3) is 0.381. The van der Waals surface area contributed by atoms with Gasteiger partial charge in [0.2, 0.25) is 11.8 Å². The molecule has 3 heterocycles. The van der Waals surface area contributed by atoms with Crippen molar-refractivity contribution in [3.8, 4) is 0 Å². The molecule has 3 aromatic rings. The number of rotatable bonds is 6. The molecular formula is C21H23ClN6O3S. The predicted molar refractivity (Wildman–Crippen MR) is 125 cm³/mol. The van der Waals surface area contributed by atoms with Gasteiger partial charge >= 0.3 is 0 Å². The van der Waals surface area contributed by atoms with Gasteiger partial charge in [-0.2, -0.15) is 4.98 Å². The van der Waals surface area contributed by atoms with Crippen molar-refractivity contribution >= 4 is 55.9 Å². The number of amides is 2. The Morgan fingerprint density at radius 2 is 1.94 bits per heavy atom. The molecule has 1 saturated heterocycles. The number of aromatic nitrogens is 3. The summed E-state index contributed by atoms with van der Waals surface area (Å²) < 4.78 is 1.68. The van der Waals surface area contributed by atoms with Crippen molar-refractivity contribution in [1.82, 2.24) is 19.9 Å². The van der Waals surface area contributed by atoms with E-state index >= 15 is 0 Å². The Kier molecular flexibility index (Phi) is 6.71. The molecule has 0 saturated carbocycles. The van der Waals surface area contributed by atoms with E-state index in [1.807, 2.05) is 6.92 Å². The average Bonchev–Trinajstić information content (AvgIpc) is 3.23. The number of carbonyl (C=O) groups excluding carboxylic acids is 2. The van der Waals surface area contributed by atoms with Crippen LogP contribution in [0.4, 0.5) is 10.8 Å². The largest absolute Gasteiger partial charge is 0.356 e. The highest BCUT2D eigenvalue weighted by Crippen LogP contribution is 2.29. The maximum atomic E-state index is 12.9. The third kappa shape index (κ3) is 4.91. The molecule has 0 aliphatic carbocycles. The standard InChI is InChI=1S/C21H23ClN6O3S/c1-2-23-19(30)13-7-9-27(10-8-13)21-26-18-17(32-21)20(31)28(12-24-18)11-16(29)25-15-5-3-14(22)4-6-15/h3-6,12-13H,2,7-11H2,1H3,(H,23,30)(H,25,29). The van der Waals surface area contributed by atoms with Crippen molar-refractivity contribution in [2.75, 3.05) is 29.9 Å². The van der Waals surface area contributed by atoms with Crippen LogP contribution in [0.1, 0.15) is 19.8 Å². The van der Waals surface area contributed by atoms with Gasteiger partial charge in [-0.3, -0.25) is 19.0 Å². The van der Waals surface area contributed by atoms with Crippen LogP contribution in [-0.2, 0) is 16.1 Å². The molecule has 0 atom stereocenters. The van der Waals surface area contributed by atoms with Crippen LogP contribution >= 0.6 is 22.9 Å². The lowest BCUT2D eigenvalue weighted by molar-refractivity contribution is -0.125. The number of nitrogens with one attached hydrogen (secondary N) is 2. The van der Waals surface area contributed by atoms with E-state index in [1.54, 1.807) is 24.3 Å². The van der Waals surface area contributed by atoms with Gasteiger partial charge in [-0.05, 0) is 44.0 Å². The molecule has 0 spiro atoms. The number of thiazole rings is 1. The molecule has 1 aromatic carbocycles. The summed E-state index contributed by atoms with van der Waals surface area (Å²) >= 11 is 7.12. The van der Waals surface area contributed by atoms with E-state index in [2.05, 4.69) is 25.5 Å². The Morgan fingerprint density at radius 1 is 1.22 bits per heavy atom. The van der Waals surface area contributed by atoms with Gasteiger partial charge in [0.25, 0.3) is 5.56 Å². The van der Waals surface area contributed by atoms with Crippen LogP contribution in [0.5, 0.6) is 0 Å². The highest BCUT2D eigenvalue weighted by molar-refractivity contribution is 7.22. The molecule has 2 amide bonds. The summed E-state index contributed by atoms with van der Waals surface area (Å²) in [6.07, 6.45) is 2.82. The number of fused-ring (bicyclic) bond motifs is 1. The zero-order chi connectivity index (χ0) is 22.7. The number of anilines is 2. The van der Waals surface area contributed by atoms with Gasteiger partial charge in [0.1, 0.15) is 17.6 Å². The topological polar surface area (TPSA) is 109 Å². The van der Waals surface area contributed by atoms with Gasteiger partial charge in [0.15, 0.2) is 10.8 Å². The first-order chi connectivity index (χ1) is 15.4. The Labute approximate surface area is 193 Å². The molecule has 11 heteroatoms. The highest BCUT2D eigenvalue weighted by Gasteiger charge is 2.26. The molecule has 9 nitrogen and oxygen atoms in total. The Balaban J connectivity index is 1.44. The maximum Gasteiger partial charge on any atom is 0.273 e. The number of carbonyl (C=O) groups is 2. The molecule has 1 aliphatic heterocycles. The molecule has 0 bridgehead atoms. The van der Waals surface area contributed by atoms with Crippen molar-refractivity contribution < 1.29 is 9.59 Å². The summed E-state index contributed by atoms with van der Waals surface area (Å²) in [6, 6.07) is 6.73. The van der Waals surface area contributed by atoms with Gasteiger partial charge in [-0.1, -0.05) is 22.9 Å². The van der Waals surface area contributed by atoms with Crippen molar-refractivity contribution in [3.05, 3.63) is 46.0 Å². The third-order valence-electron chi connectivity index (χ3n) is 5.30. The molecule has 0 unspecified atom stereocenters. The van der Waals surface area contributed by atoms with Crippen molar-refractivity contribution in [2.45, 2.75) is 26.3 Å². The molecule has 0 radical (unpaired) electrons. The van der Waals surface area contributed by atoms with Crippen molar-refractivity contribution in [2.24, 2.45) is 5.92 Å². The number of benzene rings is 1. The fourth-order valence-electron chi connectivity index (χ4n) is 3.62. The first-order valence-electron chi connectivity index (χ1n) is 10.4. The first-order valence-corrected chi connectivity index (χ1v) is 11.6. The number of piperidine rings is 1. The zero-order valence-corrected chi connectivity index (χ0v) is 19.1. The normalized spacial score (nSPS) is 14.5. The van der Waals surface area contributed by atoms with E-state index in [0.29, 0.717) is 45.8 Å². The summed E-state index contributed by atoms with van der Waals surface area (Å²) in [5.74, 6) is -0.235. The molecule has 2 N–H and O–H groups in total. The summed E-state index contributed by atoms with van der Waals surface area (Å²) in [6.45, 7) is 3.77. The maximum absolute atomic E-state index is 12.9. The van der Waals surface area contributed by atoms with E-state index in [-0.39, 0.29) is 29.8 Å². The van der Waals surface area contributed by atoms with E-state index < -0.39 is 0 Å². The first kappa shape index (κ1) is 22.2. The van der Waals surface area contributed by atoms with E-state index in [9.17, 15) is 14.4 Å². The van der Waals surface area contributed by atoms with E-state index in [1.165, 1.54) is 22.2 Å². The molecule has 1 fully saturated rings. The van der Waals surface area contributed by atoms with Crippen LogP contribution < -0.4 is 21.1 Å². The lowest BCUT2D eigenvalue weighted by atomic mass is 9.96. The Hall–Kier alpha value is -2.98. The van der Waals surface area contributed by atoms with Gasteiger partial charge in [0, 0.05) is 36.3 Å². The van der Waals surface area contributed by atoms with Gasteiger partial charge in [-0.15, -0.1) is 0 Å². The minimum absolute atomic E-state index is 0.00934. The molecule has 2 aromatic heterocycles. The fourth-order valence-corrected chi connectivity index (χ4v) is 4.77. The number of hydrogen-bond donors (Lipinski definition) is 2. The molecule has 168 valence electrons. The van der Waals surface area contributed by atoms with Gasteiger partial charge in [-0.25, -0.2) is 4.98 Å². The molecular weight excluding hydrogens is 452 g/mol. The van der Waals surface area contributed by atoms with Crippen LogP contribution in [0.3, 0.4) is 0 Å².